The Morgan fingerprint density at radius 2 is 2.05 bits per heavy atom. The van der Waals surface area contributed by atoms with E-state index < -0.39 is 0 Å². The Hall–Kier alpha value is -1.07. The van der Waals surface area contributed by atoms with Gasteiger partial charge < -0.3 is 10.2 Å². The van der Waals surface area contributed by atoms with Crippen molar-refractivity contribution < 1.29 is 9.59 Å². The summed E-state index contributed by atoms with van der Waals surface area (Å²) in [6.45, 7) is 4.66. The van der Waals surface area contributed by atoms with Gasteiger partial charge in [0.15, 0.2) is 0 Å². The van der Waals surface area contributed by atoms with E-state index in [1.165, 1.54) is 4.90 Å². The highest BCUT2D eigenvalue weighted by Gasteiger charge is 2.17. The van der Waals surface area contributed by atoms with Crippen LogP contribution in [0.2, 0.25) is 5.02 Å². The molecule has 0 saturated carbocycles. The van der Waals surface area contributed by atoms with Crippen molar-refractivity contribution in [2.24, 2.45) is 5.92 Å². The van der Waals surface area contributed by atoms with Crippen LogP contribution in [-0.2, 0) is 4.79 Å². The first kappa shape index (κ1) is 17.0. The molecule has 1 N–H and O–H groups in total. The molecule has 0 radical (unpaired) electrons. The van der Waals surface area contributed by atoms with Crippen molar-refractivity contribution in [3.8, 4) is 0 Å². The highest BCUT2D eigenvalue weighted by molar-refractivity contribution is 9.10. The summed E-state index contributed by atoms with van der Waals surface area (Å²) in [6, 6.07) is 4.94. The van der Waals surface area contributed by atoms with Crippen molar-refractivity contribution in [3.05, 3.63) is 33.3 Å². The maximum Gasteiger partial charge on any atom is 0.255 e. The number of nitrogens with zero attached hydrogens (tertiary/aromatic N) is 1. The Labute approximate surface area is 132 Å². The lowest BCUT2D eigenvalue weighted by Gasteiger charge is -2.18. The quantitative estimate of drug-likeness (QED) is 0.876. The molecule has 0 aliphatic heterocycles. The lowest BCUT2D eigenvalue weighted by Crippen LogP contribution is -2.39. The minimum absolute atomic E-state index is 0.0284. The van der Waals surface area contributed by atoms with E-state index in [-0.39, 0.29) is 18.4 Å². The van der Waals surface area contributed by atoms with E-state index in [1.807, 2.05) is 13.8 Å². The van der Waals surface area contributed by atoms with Crippen LogP contribution < -0.4 is 5.32 Å². The summed E-state index contributed by atoms with van der Waals surface area (Å²) in [5.74, 6) is -0.0155. The van der Waals surface area contributed by atoms with Gasteiger partial charge >= 0.3 is 0 Å². The van der Waals surface area contributed by atoms with Crippen LogP contribution in [0.3, 0.4) is 0 Å². The molecule has 1 rings (SSSR count). The van der Waals surface area contributed by atoms with Crippen LogP contribution in [0.25, 0.3) is 0 Å². The molecule has 0 atom stereocenters. The van der Waals surface area contributed by atoms with Crippen LogP contribution in [0.5, 0.6) is 0 Å². The van der Waals surface area contributed by atoms with Gasteiger partial charge in [-0.2, -0.15) is 0 Å². The van der Waals surface area contributed by atoms with Gasteiger partial charge in [-0.05, 0) is 40.0 Å². The number of hydrogen-bond acceptors (Lipinski definition) is 2. The zero-order valence-electron chi connectivity index (χ0n) is 11.7. The molecule has 4 nitrogen and oxygen atoms in total. The van der Waals surface area contributed by atoms with Crippen molar-refractivity contribution in [2.75, 3.05) is 20.1 Å². The van der Waals surface area contributed by atoms with Gasteiger partial charge in [0.2, 0.25) is 5.91 Å². The van der Waals surface area contributed by atoms with Crippen LogP contribution in [0.15, 0.2) is 22.7 Å². The average molecular weight is 362 g/mol. The number of carbonyl (C=O) groups excluding carboxylic acids is 2. The number of likely N-dealkylation sites (N-methyl/N-ethyl adjacent to an activating group) is 1. The number of nitrogens with one attached hydrogen (secondary N) is 1. The molecule has 110 valence electrons. The molecule has 0 aromatic heterocycles. The lowest BCUT2D eigenvalue weighted by molar-refractivity contribution is -0.121. The van der Waals surface area contributed by atoms with Crippen LogP contribution in [-0.4, -0.2) is 36.9 Å². The van der Waals surface area contributed by atoms with Crippen LogP contribution in [0, 0.1) is 5.92 Å². The van der Waals surface area contributed by atoms with Crippen molar-refractivity contribution >= 4 is 39.3 Å². The summed E-state index contributed by atoms with van der Waals surface area (Å²) in [5.41, 5.74) is 0.480. The summed E-state index contributed by atoms with van der Waals surface area (Å²) >= 11 is 9.14. The largest absolute Gasteiger partial charge is 0.354 e. The maximum absolute atomic E-state index is 12.2. The summed E-state index contributed by atoms with van der Waals surface area (Å²) in [4.78, 5) is 25.3. The lowest BCUT2D eigenvalue weighted by atomic mass is 10.2. The number of benzene rings is 1. The third-order valence-corrected chi connectivity index (χ3v) is 3.49. The molecule has 0 spiro atoms. The minimum Gasteiger partial charge on any atom is -0.354 e. The van der Waals surface area contributed by atoms with Gasteiger partial charge in [-0.15, -0.1) is 0 Å². The average Bonchev–Trinajstić information content (AvgIpc) is 2.35. The van der Waals surface area contributed by atoms with Gasteiger partial charge in [-0.3, -0.25) is 9.59 Å². The Bertz CT molecular complexity index is 506. The second-order valence-electron chi connectivity index (χ2n) is 4.98. The molecule has 0 aliphatic carbocycles. The number of rotatable bonds is 5. The minimum atomic E-state index is -0.228. The topological polar surface area (TPSA) is 49.4 Å². The zero-order chi connectivity index (χ0) is 15.3. The molecule has 2 amide bonds. The first-order chi connectivity index (χ1) is 9.31. The van der Waals surface area contributed by atoms with Crippen molar-refractivity contribution in [2.45, 2.75) is 13.8 Å². The Morgan fingerprint density at radius 1 is 1.40 bits per heavy atom. The molecular weight excluding hydrogens is 344 g/mol. The molecular formula is C14H18BrClN2O2. The van der Waals surface area contributed by atoms with E-state index >= 15 is 0 Å². The van der Waals surface area contributed by atoms with Gasteiger partial charge in [0, 0.05) is 23.1 Å². The maximum atomic E-state index is 12.2. The van der Waals surface area contributed by atoms with Gasteiger partial charge in [0.1, 0.15) is 0 Å². The Balaban J connectivity index is 2.65. The van der Waals surface area contributed by atoms with Crippen molar-refractivity contribution in [3.63, 3.8) is 0 Å². The smallest absolute Gasteiger partial charge is 0.255 e. The Morgan fingerprint density at radius 3 is 2.60 bits per heavy atom. The van der Waals surface area contributed by atoms with E-state index in [9.17, 15) is 9.59 Å². The monoisotopic (exact) mass is 360 g/mol. The fourth-order valence-electron chi connectivity index (χ4n) is 1.53. The third kappa shape index (κ3) is 5.13. The zero-order valence-corrected chi connectivity index (χ0v) is 14.1. The number of halogens is 2. The number of carbonyl (C=O) groups is 2. The molecule has 1 aromatic carbocycles. The molecule has 0 bridgehead atoms. The van der Waals surface area contributed by atoms with E-state index in [2.05, 4.69) is 21.2 Å². The highest BCUT2D eigenvalue weighted by atomic mass is 79.9. The molecule has 0 heterocycles. The van der Waals surface area contributed by atoms with Crippen LogP contribution in [0.1, 0.15) is 24.2 Å². The van der Waals surface area contributed by atoms with Crippen LogP contribution >= 0.6 is 27.5 Å². The van der Waals surface area contributed by atoms with Crippen molar-refractivity contribution in [1.29, 1.82) is 0 Å². The predicted octanol–water partition coefficient (Wildman–Crippen LogP) is 2.95. The highest BCUT2D eigenvalue weighted by Crippen LogP contribution is 2.22. The molecule has 0 saturated heterocycles. The molecule has 6 heteroatoms. The second kappa shape index (κ2) is 7.64. The SMILES string of the molecule is CC(C)CNC(=O)CN(C)C(=O)c1ccc(Cl)cc1Br. The van der Waals surface area contributed by atoms with E-state index in [4.69, 9.17) is 11.6 Å². The Kier molecular flexibility index (Phi) is 6.49. The molecule has 1 aromatic rings. The fourth-order valence-corrected chi connectivity index (χ4v) is 2.38. The number of hydrogen-bond donors (Lipinski definition) is 1. The number of amides is 2. The fraction of sp³-hybridized carbons (Fsp3) is 0.429. The molecule has 20 heavy (non-hydrogen) atoms. The summed E-state index contributed by atoms with van der Waals surface area (Å²) < 4.78 is 0.615. The van der Waals surface area contributed by atoms with Crippen molar-refractivity contribution in [1.82, 2.24) is 10.2 Å². The van der Waals surface area contributed by atoms with E-state index in [1.54, 1.807) is 25.2 Å². The normalized spacial score (nSPS) is 10.5. The summed E-state index contributed by atoms with van der Waals surface area (Å²) in [7, 11) is 1.60. The van der Waals surface area contributed by atoms with Gasteiger partial charge in [0.25, 0.3) is 5.91 Å². The van der Waals surface area contributed by atoms with Crippen LogP contribution in [0.4, 0.5) is 0 Å². The third-order valence-electron chi connectivity index (χ3n) is 2.60. The van der Waals surface area contributed by atoms with Gasteiger partial charge in [-0.25, -0.2) is 0 Å². The first-order valence-corrected chi connectivity index (χ1v) is 7.45. The van der Waals surface area contributed by atoms with E-state index in [0.717, 1.165) is 0 Å². The summed E-state index contributed by atoms with van der Waals surface area (Å²) in [6.07, 6.45) is 0. The molecule has 0 unspecified atom stereocenters. The van der Waals surface area contributed by atoms with Gasteiger partial charge in [0.05, 0.1) is 12.1 Å². The first-order valence-electron chi connectivity index (χ1n) is 6.28. The standard InChI is InChI=1S/C14H18BrClN2O2/c1-9(2)7-17-13(19)8-18(3)14(20)11-5-4-10(16)6-12(11)15/h4-6,9H,7-8H2,1-3H3,(H,17,19). The summed E-state index contributed by atoms with van der Waals surface area (Å²) in [5, 5.41) is 3.32. The predicted molar refractivity (Wildman–Crippen MR) is 84.0 cm³/mol. The van der Waals surface area contributed by atoms with E-state index in [0.29, 0.717) is 27.5 Å². The molecule has 0 fully saturated rings. The van der Waals surface area contributed by atoms with Gasteiger partial charge in [-0.1, -0.05) is 25.4 Å². The second-order valence-corrected chi connectivity index (χ2v) is 6.27. The molecule has 0 aliphatic rings.